The van der Waals surface area contributed by atoms with Gasteiger partial charge in [-0.3, -0.25) is 9.89 Å². The van der Waals surface area contributed by atoms with E-state index in [1.807, 2.05) is 0 Å². The second-order valence-electron chi connectivity index (χ2n) is 4.44. The van der Waals surface area contributed by atoms with Crippen molar-refractivity contribution in [2.24, 2.45) is 5.41 Å². The first-order chi connectivity index (χ1) is 7.32. The smallest absolute Gasteiger partial charge is 0.326 e. The molecule has 0 radical (unpaired) electrons. The molecule has 0 aromatic carbocycles. The predicted molar refractivity (Wildman–Crippen MR) is 54.7 cm³/mol. The van der Waals surface area contributed by atoms with Crippen LogP contribution in [-0.2, 0) is 4.79 Å². The molecular weight excluding hydrogens is 212 g/mol. The normalized spacial score (nSPS) is 13.2. The molecule has 1 amide bonds. The van der Waals surface area contributed by atoms with Gasteiger partial charge in [-0.1, -0.05) is 20.8 Å². The van der Waals surface area contributed by atoms with E-state index in [9.17, 15) is 9.59 Å². The Morgan fingerprint density at radius 3 is 2.50 bits per heavy atom. The number of H-pyrrole nitrogens is 1. The van der Waals surface area contributed by atoms with Crippen molar-refractivity contribution in [2.45, 2.75) is 26.8 Å². The number of nitrogens with zero attached hydrogens (tertiary/aromatic N) is 2. The number of carbonyl (C=O) groups is 2. The second kappa shape index (κ2) is 4.30. The quantitative estimate of drug-likeness (QED) is 0.674. The number of aromatic amines is 1. The molecule has 1 aromatic rings. The molecule has 0 saturated heterocycles. The molecule has 88 valence electrons. The standard InChI is InChI=1S/C9H14N4O3/c1-9(2,3)5(8(15)16)12-7(14)6-10-4-11-13-6/h4-5H,1-3H3,(H,12,14)(H,15,16)(H,10,11,13)/t5-/m1/s1. The lowest BCUT2D eigenvalue weighted by Gasteiger charge is -2.27. The average Bonchev–Trinajstić information content (AvgIpc) is 2.63. The van der Waals surface area contributed by atoms with Crippen molar-refractivity contribution in [3.63, 3.8) is 0 Å². The number of hydrogen-bond donors (Lipinski definition) is 3. The van der Waals surface area contributed by atoms with Gasteiger partial charge in [0.25, 0.3) is 5.91 Å². The zero-order valence-corrected chi connectivity index (χ0v) is 9.31. The van der Waals surface area contributed by atoms with Crippen molar-refractivity contribution >= 4 is 11.9 Å². The lowest BCUT2D eigenvalue weighted by Crippen LogP contribution is -2.49. The van der Waals surface area contributed by atoms with Gasteiger partial charge in [0, 0.05) is 0 Å². The molecule has 0 spiro atoms. The Balaban J connectivity index is 2.78. The van der Waals surface area contributed by atoms with Gasteiger partial charge in [0.05, 0.1) is 0 Å². The Morgan fingerprint density at radius 2 is 2.12 bits per heavy atom. The van der Waals surface area contributed by atoms with Gasteiger partial charge in [0.1, 0.15) is 12.4 Å². The SMILES string of the molecule is CC(C)(C)[C@H](NC(=O)c1ncn[nH]1)C(=O)O. The first-order valence-corrected chi connectivity index (χ1v) is 4.71. The average molecular weight is 226 g/mol. The second-order valence-corrected chi connectivity index (χ2v) is 4.44. The number of carboxylic acid groups (broad SMARTS) is 1. The van der Waals surface area contributed by atoms with Crippen molar-refractivity contribution in [1.82, 2.24) is 20.5 Å². The van der Waals surface area contributed by atoms with Crippen LogP contribution in [0.1, 0.15) is 31.4 Å². The fourth-order valence-electron chi connectivity index (χ4n) is 1.16. The van der Waals surface area contributed by atoms with Crippen molar-refractivity contribution < 1.29 is 14.7 Å². The number of aliphatic carboxylic acids is 1. The zero-order chi connectivity index (χ0) is 12.3. The molecule has 0 aliphatic rings. The third-order valence-corrected chi connectivity index (χ3v) is 2.02. The van der Waals surface area contributed by atoms with Gasteiger partial charge in [-0.15, -0.1) is 0 Å². The maximum atomic E-state index is 11.6. The molecule has 16 heavy (non-hydrogen) atoms. The highest BCUT2D eigenvalue weighted by Gasteiger charge is 2.33. The number of aromatic nitrogens is 3. The van der Waals surface area contributed by atoms with Crippen LogP contribution in [0.25, 0.3) is 0 Å². The number of hydrogen-bond acceptors (Lipinski definition) is 4. The van der Waals surface area contributed by atoms with Crippen LogP contribution in [0.4, 0.5) is 0 Å². The topological polar surface area (TPSA) is 108 Å². The van der Waals surface area contributed by atoms with Gasteiger partial charge in [0.2, 0.25) is 5.82 Å². The molecule has 0 bridgehead atoms. The highest BCUT2D eigenvalue weighted by Crippen LogP contribution is 2.19. The summed E-state index contributed by atoms with van der Waals surface area (Å²) in [5.74, 6) is -1.67. The largest absolute Gasteiger partial charge is 0.480 e. The minimum absolute atomic E-state index is 0.00417. The lowest BCUT2D eigenvalue weighted by atomic mass is 9.87. The molecule has 7 nitrogen and oxygen atoms in total. The third-order valence-electron chi connectivity index (χ3n) is 2.02. The van der Waals surface area contributed by atoms with Crippen molar-refractivity contribution in [2.75, 3.05) is 0 Å². The van der Waals surface area contributed by atoms with Crippen LogP contribution in [-0.4, -0.2) is 38.2 Å². The molecule has 1 atom stereocenters. The van der Waals surface area contributed by atoms with E-state index in [-0.39, 0.29) is 5.82 Å². The predicted octanol–water partition coefficient (Wildman–Crippen LogP) is 0.0338. The number of carboxylic acids is 1. The fourth-order valence-corrected chi connectivity index (χ4v) is 1.16. The van der Waals surface area contributed by atoms with E-state index in [1.54, 1.807) is 20.8 Å². The number of carbonyl (C=O) groups excluding carboxylic acids is 1. The minimum atomic E-state index is -1.08. The summed E-state index contributed by atoms with van der Waals surface area (Å²) in [6.45, 7) is 5.19. The summed E-state index contributed by atoms with van der Waals surface area (Å²) in [5.41, 5.74) is -0.582. The van der Waals surface area contributed by atoms with Crippen LogP contribution in [0.3, 0.4) is 0 Å². The van der Waals surface area contributed by atoms with E-state index in [1.165, 1.54) is 6.33 Å². The monoisotopic (exact) mass is 226 g/mol. The lowest BCUT2D eigenvalue weighted by molar-refractivity contribution is -0.142. The van der Waals surface area contributed by atoms with Crippen LogP contribution in [0.2, 0.25) is 0 Å². The molecule has 3 N–H and O–H groups in total. The van der Waals surface area contributed by atoms with Gasteiger partial charge in [0.15, 0.2) is 0 Å². The molecule has 0 aliphatic heterocycles. The van der Waals surface area contributed by atoms with Crippen LogP contribution in [0.15, 0.2) is 6.33 Å². The number of nitrogens with one attached hydrogen (secondary N) is 2. The van der Waals surface area contributed by atoms with E-state index >= 15 is 0 Å². The highest BCUT2D eigenvalue weighted by atomic mass is 16.4. The van der Waals surface area contributed by atoms with Crippen molar-refractivity contribution in [1.29, 1.82) is 0 Å². The molecule has 1 aromatic heterocycles. The summed E-state index contributed by atoms with van der Waals surface area (Å²) in [6.07, 6.45) is 1.18. The summed E-state index contributed by atoms with van der Waals surface area (Å²) in [4.78, 5) is 26.2. The maximum absolute atomic E-state index is 11.6. The molecular formula is C9H14N4O3. The third kappa shape index (κ3) is 2.78. The minimum Gasteiger partial charge on any atom is -0.480 e. The van der Waals surface area contributed by atoms with E-state index in [4.69, 9.17) is 5.11 Å². The van der Waals surface area contributed by atoms with Crippen LogP contribution in [0.5, 0.6) is 0 Å². The summed E-state index contributed by atoms with van der Waals surface area (Å²) in [5, 5.41) is 17.3. The molecule has 0 fully saturated rings. The molecule has 1 rings (SSSR count). The van der Waals surface area contributed by atoms with Gasteiger partial charge < -0.3 is 10.4 Å². The van der Waals surface area contributed by atoms with Gasteiger partial charge in [-0.2, -0.15) is 5.10 Å². The highest BCUT2D eigenvalue weighted by molar-refractivity contribution is 5.93. The summed E-state index contributed by atoms with van der Waals surface area (Å²) in [7, 11) is 0. The first-order valence-electron chi connectivity index (χ1n) is 4.71. The molecule has 0 unspecified atom stereocenters. The number of rotatable bonds is 3. The zero-order valence-electron chi connectivity index (χ0n) is 9.31. The fraction of sp³-hybridized carbons (Fsp3) is 0.556. The Bertz CT molecular complexity index is 380. The van der Waals surface area contributed by atoms with E-state index in [0.29, 0.717) is 0 Å². The first kappa shape index (κ1) is 12.2. The van der Waals surface area contributed by atoms with E-state index in [2.05, 4.69) is 20.5 Å². The van der Waals surface area contributed by atoms with Crippen LogP contribution >= 0.6 is 0 Å². The molecule has 0 saturated carbocycles. The van der Waals surface area contributed by atoms with Gasteiger partial charge in [-0.05, 0) is 5.41 Å². The Morgan fingerprint density at radius 1 is 1.50 bits per heavy atom. The summed E-state index contributed by atoms with van der Waals surface area (Å²) in [6, 6.07) is -0.981. The van der Waals surface area contributed by atoms with E-state index in [0.717, 1.165) is 0 Å². The Kier molecular flexibility index (Phi) is 3.26. The Hall–Kier alpha value is -1.92. The Labute approximate surface area is 92.3 Å². The van der Waals surface area contributed by atoms with Gasteiger partial charge >= 0.3 is 5.97 Å². The molecule has 7 heteroatoms. The van der Waals surface area contributed by atoms with Crippen LogP contribution < -0.4 is 5.32 Å². The van der Waals surface area contributed by atoms with Gasteiger partial charge in [-0.25, -0.2) is 9.78 Å². The summed E-state index contributed by atoms with van der Waals surface area (Å²) < 4.78 is 0. The molecule has 0 aliphatic carbocycles. The van der Waals surface area contributed by atoms with Crippen molar-refractivity contribution in [3.8, 4) is 0 Å². The van der Waals surface area contributed by atoms with E-state index < -0.39 is 23.3 Å². The maximum Gasteiger partial charge on any atom is 0.326 e. The molecule has 1 heterocycles. The summed E-state index contributed by atoms with van der Waals surface area (Å²) >= 11 is 0. The number of amides is 1. The van der Waals surface area contributed by atoms with Crippen molar-refractivity contribution in [3.05, 3.63) is 12.2 Å². The van der Waals surface area contributed by atoms with Crippen LogP contribution in [0, 0.1) is 5.41 Å².